The van der Waals surface area contributed by atoms with Crippen LogP contribution in [0.15, 0.2) is 42.7 Å². The fourth-order valence-electron chi connectivity index (χ4n) is 2.48. The molecule has 1 saturated heterocycles. The van der Waals surface area contributed by atoms with Gasteiger partial charge < -0.3 is 15.8 Å². The number of ether oxygens (including phenoxy) is 1. The largest absolute Gasteiger partial charge is 0.383 e. The van der Waals surface area contributed by atoms with Crippen LogP contribution in [0.3, 0.4) is 0 Å². The molecule has 3 N–H and O–H groups in total. The van der Waals surface area contributed by atoms with Gasteiger partial charge in [-0.1, -0.05) is 18.2 Å². The lowest BCUT2D eigenvalue weighted by Gasteiger charge is -2.26. The SMILES string of the molecule is Nc1nc(-c2cnc3ccccc3c2)ncc1C(=O)NC1COC1. The Morgan fingerprint density at radius 3 is 2.79 bits per heavy atom. The molecule has 0 radical (unpaired) electrons. The molecule has 1 fully saturated rings. The number of anilines is 1. The fraction of sp³-hybridized carbons (Fsp3) is 0.176. The van der Waals surface area contributed by atoms with Crippen molar-refractivity contribution < 1.29 is 9.53 Å². The summed E-state index contributed by atoms with van der Waals surface area (Å²) in [6, 6.07) is 9.76. The topological polar surface area (TPSA) is 103 Å². The van der Waals surface area contributed by atoms with Gasteiger partial charge in [-0.2, -0.15) is 0 Å². The molecule has 1 amide bonds. The number of hydrogen-bond donors (Lipinski definition) is 2. The van der Waals surface area contributed by atoms with E-state index in [-0.39, 0.29) is 23.3 Å². The Morgan fingerprint density at radius 2 is 2.04 bits per heavy atom. The zero-order chi connectivity index (χ0) is 16.5. The smallest absolute Gasteiger partial charge is 0.256 e. The first-order chi connectivity index (χ1) is 11.7. The van der Waals surface area contributed by atoms with Crippen LogP contribution in [0, 0.1) is 0 Å². The predicted octanol–water partition coefficient (Wildman–Crippen LogP) is 1.40. The molecule has 1 aromatic carbocycles. The highest BCUT2D eigenvalue weighted by Gasteiger charge is 2.22. The number of rotatable bonds is 3. The molecule has 7 heteroatoms. The standard InChI is InChI=1S/C17H15N5O2/c18-15-13(17(23)21-12-8-24-9-12)7-20-16(22-15)11-5-10-3-1-2-4-14(10)19-6-11/h1-7,12H,8-9H2,(H,21,23)(H2,18,20,22). The van der Waals surface area contributed by atoms with Crippen LogP contribution in [0.2, 0.25) is 0 Å². The lowest BCUT2D eigenvalue weighted by atomic mass is 10.1. The van der Waals surface area contributed by atoms with Crippen LogP contribution in [0.5, 0.6) is 0 Å². The molecule has 1 aliphatic heterocycles. The molecule has 0 bridgehead atoms. The first-order valence-corrected chi connectivity index (χ1v) is 7.57. The van der Waals surface area contributed by atoms with Gasteiger partial charge in [0.2, 0.25) is 0 Å². The van der Waals surface area contributed by atoms with Crippen molar-refractivity contribution in [2.24, 2.45) is 0 Å². The van der Waals surface area contributed by atoms with Crippen LogP contribution < -0.4 is 11.1 Å². The summed E-state index contributed by atoms with van der Waals surface area (Å²) in [7, 11) is 0. The highest BCUT2D eigenvalue weighted by Crippen LogP contribution is 2.21. The number of aromatic nitrogens is 3. The van der Waals surface area contributed by atoms with Crippen LogP contribution in [0.4, 0.5) is 5.82 Å². The third-order valence-corrected chi connectivity index (χ3v) is 3.88. The van der Waals surface area contributed by atoms with Crippen LogP contribution in [-0.4, -0.2) is 40.1 Å². The van der Waals surface area contributed by atoms with Crippen molar-refractivity contribution >= 4 is 22.6 Å². The van der Waals surface area contributed by atoms with Gasteiger partial charge in [0.15, 0.2) is 5.82 Å². The Morgan fingerprint density at radius 1 is 1.21 bits per heavy atom. The number of nitrogens with zero attached hydrogens (tertiary/aromatic N) is 3. The minimum atomic E-state index is -0.288. The first-order valence-electron chi connectivity index (χ1n) is 7.57. The number of nitrogens with one attached hydrogen (secondary N) is 1. The molecule has 0 saturated carbocycles. The number of carbonyl (C=O) groups is 1. The van der Waals surface area contributed by atoms with Gasteiger partial charge in [-0.05, 0) is 12.1 Å². The number of nitrogen functional groups attached to an aromatic ring is 1. The first kappa shape index (κ1) is 14.5. The lowest BCUT2D eigenvalue weighted by molar-refractivity contribution is -0.00345. The molecule has 2 aromatic heterocycles. The Kier molecular flexibility index (Phi) is 3.55. The Labute approximate surface area is 137 Å². The van der Waals surface area contributed by atoms with E-state index in [9.17, 15) is 4.79 Å². The van der Waals surface area contributed by atoms with E-state index >= 15 is 0 Å². The van der Waals surface area contributed by atoms with Gasteiger partial charge in [-0.15, -0.1) is 0 Å². The van der Waals surface area contributed by atoms with E-state index in [0.29, 0.717) is 19.0 Å². The number of nitrogens with two attached hydrogens (primary N) is 1. The summed E-state index contributed by atoms with van der Waals surface area (Å²) in [4.78, 5) is 25.1. The molecule has 0 aliphatic carbocycles. The number of amides is 1. The summed E-state index contributed by atoms with van der Waals surface area (Å²) in [5.74, 6) is 0.296. The van der Waals surface area contributed by atoms with E-state index in [1.165, 1.54) is 6.20 Å². The van der Waals surface area contributed by atoms with Crippen LogP contribution >= 0.6 is 0 Å². The minimum Gasteiger partial charge on any atom is -0.383 e. The Balaban J connectivity index is 1.63. The molecule has 120 valence electrons. The van der Waals surface area contributed by atoms with Gasteiger partial charge in [0.1, 0.15) is 5.82 Å². The van der Waals surface area contributed by atoms with E-state index in [0.717, 1.165) is 16.5 Å². The van der Waals surface area contributed by atoms with E-state index in [1.54, 1.807) is 6.20 Å². The highest BCUT2D eigenvalue weighted by molar-refractivity contribution is 5.98. The Hall–Kier alpha value is -3.06. The second kappa shape index (κ2) is 5.86. The number of para-hydroxylation sites is 1. The number of hydrogen-bond acceptors (Lipinski definition) is 6. The van der Waals surface area contributed by atoms with Gasteiger partial charge in [0.05, 0.1) is 30.3 Å². The summed E-state index contributed by atoms with van der Waals surface area (Å²) >= 11 is 0. The van der Waals surface area contributed by atoms with Crippen molar-refractivity contribution in [1.82, 2.24) is 20.3 Å². The number of pyridine rings is 1. The molecule has 24 heavy (non-hydrogen) atoms. The van der Waals surface area contributed by atoms with Crippen LogP contribution in [0.25, 0.3) is 22.3 Å². The quantitative estimate of drug-likeness (QED) is 0.756. The number of fused-ring (bicyclic) bond motifs is 1. The normalized spacial score (nSPS) is 14.3. The maximum Gasteiger partial charge on any atom is 0.256 e. The zero-order valence-corrected chi connectivity index (χ0v) is 12.8. The zero-order valence-electron chi connectivity index (χ0n) is 12.8. The molecule has 3 aromatic rings. The van der Waals surface area contributed by atoms with Gasteiger partial charge in [-0.25, -0.2) is 9.97 Å². The second-order valence-electron chi connectivity index (χ2n) is 5.62. The molecule has 0 spiro atoms. The van der Waals surface area contributed by atoms with Crippen molar-refractivity contribution in [3.05, 3.63) is 48.3 Å². The molecular weight excluding hydrogens is 306 g/mol. The predicted molar refractivity (Wildman–Crippen MR) is 89.3 cm³/mol. The molecule has 0 atom stereocenters. The van der Waals surface area contributed by atoms with Crippen LogP contribution in [-0.2, 0) is 4.74 Å². The lowest BCUT2D eigenvalue weighted by Crippen LogP contribution is -2.48. The molecule has 1 aliphatic rings. The van der Waals surface area contributed by atoms with Crippen molar-refractivity contribution in [3.8, 4) is 11.4 Å². The molecule has 7 nitrogen and oxygen atoms in total. The van der Waals surface area contributed by atoms with Gasteiger partial charge in [0.25, 0.3) is 5.91 Å². The molecule has 3 heterocycles. The second-order valence-corrected chi connectivity index (χ2v) is 5.62. The third-order valence-electron chi connectivity index (χ3n) is 3.88. The average Bonchev–Trinajstić information content (AvgIpc) is 2.57. The van der Waals surface area contributed by atoms with Crippen molar-refractivity contribution in [2.45, 2.75) is 6.04 Å². The summed E-state index contributed by atoms with van der Waals surface area (Å²) in [6.07, 6.45) is 3.14. The molecule has 4 rings (SSSR count). The van der Waals surface area contributed by atoms with Crippen molar-refractivity contribution in [3.63, 3.8) is 0 Å². The van der Waals surface area contributed by atoms with E-state index in [4.69, 9.17) is 10.5 Å². The van der Waals surface area contributed by atoms with Gasteiger partial charge in [0, 0.05) is 23.3 Å². The monoisotopic (exact) mass is 321 g/mol. The van der Waals surface area contributed by atoms with Crippen molar-refractivity contribution in [2.75, 3.05) is 18.9 Å². The summed E-state index contributed by atoms with van der Waals surface area (Å²) in [5, 5.41) is 3.81. The number of benzene rings is 1. The van der Waals surface area contributed by atoms with Crippen LogP contribution in [0.1, 0.15) is 10.4 Å². The highest BCUT2D eigenvalue weighted by atomic mass is 16.5. The maximum atomic E-state index is 12.2. The molecule has 0 unspecified atom stereocenters. The molecular formula is C17H15N5O2. The summed E-state index contributed by atoms with van der Waals surface area (Å²) in [5.41, 5.74) is 7.85. The van der Waals surface area contributed by atoms with Gasteiger partial charge in [-0.3, -0.25) is 9.78 Å². The fourth-order valence-corrected chi connectivity index (χ4v) is 2.48. The van der Waals surface area contributed by atoms with E-state index in [2.05, 4.69) is 20.3 Å². The van der Waals surface area contributed by atoms with E-state index < -0.39 is 0 Å². The minimum absolute atomic E-state index is 0.0289. The maximum absolute atomic E-state index is 12.2. The Bertz CT molecular complexity index is 924. The number of carbonyl (C=O) groups excluding carboxylic acids is 1. The van der Waals surface area contributed by atoms with Crippen molar-refractivity contribution in [1.29, 1.82) is 0 Å². The third kappa shape index (κ3) is 2.65. The summed E-state index contributed by atoms with van der Waals surface area (Å²) < 4.78 is 5.03. The van der Waals surface area contributed by atoms with Gasteiger partial charge >= 0.3 is 0 Å². The summed E-state index contributed by atoms with van der Waals surface area (Å²) in [6.45, 7) is 1.04. The average molecular weight is 321 g/mol. The van der Waals surface area contributed by atoms with E-state index in [1.807, 2.05) is 30.3 Å².